The molecular formula is C16H27IN6S. The lowest BCUT2D eigenvalue weighted by atomic mass is 10.2. The van der Waals surface area contributed by atoms with Crippen LogP contribution in [0.2, 0.25) is 0 Å². The van der Waals surface area contributed by atoms with E-state index in [0.717, 1.165) is 56.6 Å². The summed E-state index contributed by atoms with van der Waals surface area (Å²) in [5, 5.41) is 0. The zero-order valence-corrected chi connectivity index (χ0v) is 17.4. The van der Waals surface area contributed by atoms with Crippen LogP contribution in [0.5, 0.6) is 0 Å². The molecule has 0 spiro atoms. The van der Waals surface area contributed by atoms with Gasteiger partial charge in [-0.1, -0.05) is 0 Å². The van der Waals surface area contributed by atoms with Gasteiger partial charge in [0.2, 0.25) is 0 Å². The summed E-state index contributed by atoms with van der Waals surface area (Å²) in [5.74, 6) is 4.00. The number of thioether (sulfide) groups is 1. The van der Waals surface area contributed by atoms with Crippen molar-refractivity contribution in [1.29, 1.82) is 0 Å². The molecule has 0 radical (unpaired) electrons. The lowest BCUT2D eigenvalue weighted by Crippen LogP contribution is -2.44. The van der Waals surface area contributed by atoms with Crippen LogP contribution in [0.25, 0.3) is 0 Å². The van der Waals surface area contributed by atoms with Crippen molar-refractivity contribution in [3.05, 3.63) is 23.9 Å². The van der Waals surface area contributed by atoms with Crippen molar-refractivity contribution in [3.63, 3.8) is 0 Å². The molecular weight excluding hydrogens is 435 g/mol. The Morgan fingerprint density at radius 2 is 1.92 bits per heavy atom. The van der Waals surface area contributed by atoms with Crippen LogP contribution in [0.1, 0.15) is 5.56 Å². The van der Waals surface area contributed by atoms with Gasteiger partial charge >= 0.3 is 0 Å². The zero-order valence-electron chi connectivity index (χ0n) is 14.2. The average Bonchev–Trinajstić information content (AvgIpc) is 2.61. The molecule has 1 aromatic heterocycles. The number of aliphatic imine (C=N–C) groups is 1. The molecule has 0 amide bonds. The highest BCUT2D eigenvalue weighted by Gasteiger charge is 2.15. The van der Waals surface area contributed by atoms with E-state index in [1.54, 1.807) is 0 Å². The van der Waals surface area contributed by atoms with E-state index in [4.69, 9.17) is 5.73 Å². The lowest BCUT2D eigenvalue weighted by molar-refractivity contribution is 0.312. The highest BCUT2D eigenvalue weighted by Crippen LogP contribution is 2.15. The van der Waals surface area contributed by atoms with Crippen LogP contribution in [-0.4, -0.2) is 78.6 Å². The number of piperazine rings is 1. The third-order valence-corrected chi connectivity index (χ3v) is 5.34. The van der Waals surface area contributed by atoms with E-state index in [1.807, 2.05) is 24.0 Å². The van der Waals surface area contributed by atoms with Crippen LogP contribution in [0, 0.1) is 0 Å². The molecule has 6 nitrogen and oxygen atoms in total. The van der Waals surface area contributed by atoms with Gasteiger partial charge in [-0.25, -0.2) is 9.98 Å². The standard InChI is InChI=1S/C16H26N6S.HI/c1-20-4-6-21(7-5-20)15-12-14(2-3-18-15)13-19-16(17)22-8-10-23-11-9-22;/h2-3,12H,4-11,13H2,1H3,(H2,17,19);1H. The minimum absolute atomic E-state index is 0. The molecule has 24 heavy (non-hydrogen) atoms. The van der Waals surface area contributed by atoms with Crippen molar-refractivity contribution >= 4 is 47.5 Å². The second-order valence-electron chi connectivity index (χ2n) is 6.09. The summed E-state index contributed by atoms with van der Waals surface area (Å²) >= 11 is 1.98. The van der Waals surface area contributed by atoms with Crippen molar-refractivity contribution in [2.24, 2.45) is 10.7 Å². The van der Waals surface area contributed by atoms with Crippen LogP contribution in [-0.2, 0) is 6.54 Å². The fourth-order valence-corrected chi connectivity index (χ4v) is 3.74. The van der Waals surface area contributed by atoms with E-state index >= 15 is 0 Å². The van der Waals surface area contributed by atoms with E-state index < -0.39 is 0 Å². The number of anilines is 1. The third kappa shape index (κ3) is 5.38. The number of aromatic nitrogens is 1. The van der Waals surface area contributed by atoms with Gasteiger partial charge in [0.25, 0.3) is 0 Å². The maximum atomic E-state index is 6.13. The third-order valence-electron chi connectivity index (χ3n) is 4.40. The van der Waals surface area contributed by atoms with Crippen LogP contribution >= 0.6 is 35.7 Å². The van der Waals surface area contributed by atoms with Crippen molar-refractivity contribution < 1.29 is 0 Å². The molecule has 2 aliphatic heterocycles. The number of nitrogens with two attached hydrogens (primary N) is 1. The van der Waals surface area contributed by atoms with E-state index in [0.29, 0.717) is 12.5 Å². The number of hydrogen-bond acceptors (Lipinski definition) is 5. The summed E-state index contributed by atoms with van der Waals surface area (Å²) in [6.45, 7) is 6.87. The molecule has 3 rings (SSSR count). The number of pyridine rings is 1. The fraction of sp³-hybridized carbons (Fsp3) is 0.625. The minimum Gasteiger partial charge on any atom is -0.370 e. The van der Waals surface area contributed by atoms with Crippen molar-refractivity contribution in [2.45, 2.75) is 6.54 Å². The first-order chi connectivity index (χ1) is 11.2. The summed E-state index contributed by atoms with van der Waals surface area (Å²) in [5.41, 5.74) is 7.30. The molecule has 2 aliphatic rings. The quantitative estimate of drug-likeness (QED) is 0.416. The Hall–Kier alpha value is -0.740. The number of guanidine groups is 1. The van der Waals surface area contributed by atoms with Gasteiger partial charge < -0.3 is 20.4 Å². The summed E-state index contributed by atoms with van der Waals surface area (Å²) in [6, 6.07) is 4.18. The number of nitrogens with zero attached hydrogens (tertiary/aromatic N) is 5. The Morgan fingerprint density at radius 3 is 2.62 bits per heavy atom. The smallest absolute Gasteiger partial charge is 0.191 e. The van der Waals surface area contributed by atoms with Gasteiger partial charge in [-0.05, 0) is 24.7 Å². The second-order valence-corrected chi connectivity index (χ2v) is 7.31. The van der Waals surface area contributed by atoms with Crippen molar-refractivity contribution in [3.8, 4) is 0 Å². The summed E-state index contributed by atoms with van der Waals surface area (Å²) in [4.78, 5) is 16.0. The monoisotopic (exact) mass is 462 g/mol. The highest BCUT2D eigenvalue weighted by atomic mass is 127. The molecule has 0 unspecified atom stereocenters. The molecule has 134 valence electrons. The summed E-state index contributed by atoms with van der Waals surface area (Å²) in [7, 11) is 2.16. The van der Waals surface area contributed by atoms with Gasteiger partial charge in [0.05, 0.1) is 6.54 Å². The van der Waals surface area contributed by atoms with Gasteiger partial charge in [-0.3, -0.25) is 0 Å². The van der Waals surface area contributed by atoms with Gasteiger partial charge in [0.1, 0.15) is 5.82 Å². The summed E-state index contributed by atoms with van der Waals surface area (Å²) < 4.78 is 0. The van der Waals surface area contributed by atoms with E-state index in [-0.39, 0.29) is 24.0 Å². The van der Waals surface area contributed by atoms with Gasteiger partial charge in [0.15, 0.2) is 5.96 Å². The van der Waals surface area contributed by atoms with Crippen molar-refractivity contribution in [2.75, 3.05) is 62.7 Å². The van der Waals surface area contributed by atoms with E-state index in [2.05, 4.69) is 37.8 Å². The van der Waals surface area contributed by atoms with Gasteiger partial charge in [-0.15, -0.1) is 24.0 Å². The van der Waals surface area contributed by atoms with E-state index in [1.165, 1.54) is 5.56 Å². The molecule has 8 heteroatoms. The average molecular weight is 462 g/mol. The molecule has 2 N–H and O–H groups in total. The predicted molar refractivity (Wildman–Crippen MR) is 114 cm³/mol. The molecule has 3 heterocycles. The highest BCUT2D eigenvalue weighted by molar-refractivity contribution is 14.0. The Bertz CT molecular complexity index is 541. The molecule has 0 saturated carbocycles. The number of hydrogen-bond donors (Lipinski definition) is 1. The molecule has 2 fully saturated rings. The Morgan fingerprint density at radius 1 is 1.21 bits per heavy atom. The first-order valence-corrected chi connectivity index (χ1v) is 9.39. The lowest BCUT2D eigenvalue weighted by Gasteiger charge is -2.33. The topological polar surface area (TPSA) is 61.0 Å². The molecule has 1 aromatic rings. The fourth-order valence-electron chi connectivity index (χ4n) is 2.83. The predicted octanol–water partition coefficient (Wildman–Crippen LogP) is 1.31. The largest absolute Gasteiger partial charge is 0.370 e. The molecule has 0 aromatic carbocycles. The first-order valence-electron chi connectivity index (χ1n) is 8.23. The zero-order chi connectivity index (χ0) is 16.1. The Balaban J connectivity index is 0.00000208. The van der Waals surface area contributed by atoms with Gasteiger partial charge in [-0.2, -0.15) is 11.8 Å². The minimum atomic E-state index is 0. The van der Waals surface area contributed by atoms with Gasteiger partial charge in [0, 0.05) is 57.0 Å². The summed E-state index contributed by atoms with van der Waals surface area (Å²) in [6.07, 6.45) is 1.88. The molecule has 0 atom stereocenters. The maximum Gasteiger partial charge on any atom is 0.191 e. The molecule has 0 aliphatic carbocycles. The van der Waals surface area contributed by atoms with Crippen LogP contribution in [0.3, 0.4) is 0 Å². The van der Waals surface area contributed by atoms with Crippen LogP contribution < -0.4 is 10.6 Å². The van der Waals surface area contributed by atoms with E-state index in [9.17, 15) is 0 Å². The number of halogens is 1. The Labute approximate surface area is 165 Å². The second kappa shape index (κ2) is 9.67. The van der Waals surface area contributed by atoms with Crippen LogP contribution in [0.15, 0.2) is 23.3 Å². The molecule has 0 bridgehead atoms. The Kier molecular flexibility index (Phi) is 7.89. The number of likely N-dealkylation sites (N-methyl/N-ethyl adjacent to an activating group) is 1. The normalized spacial score (nSPS) is 20.0. The SMILES string of the molecule is CN1CCN(c2cc(CN=C(N)N3CCSCC3)ccn2)CC1.I. The molecule has 2 saturated heterocycles. The van der Waals surface area contributed by atoms with Crippen molar-refractivity contribution in [1.82, 2.24) is 14.8 Å². The first kappa shape index (κ1) is 19.6. The number of rotatable bonds is 3. The maximum absolute atomic E-state index is 6.13. The van der Waals surface area contributed by atoms with Crippen LogP contribution in [0.4, 0.5) is 5.82 Å².